The summed E-state index contributed by atoms with van der Waals surface area (Å²) in [6, 6.07) is 4.45. The quantitative estimate of drug-likeness (QED) is 0.833. The number of halogens is 1. The lowest BCUT2D eigenvalue weighted by Crippen LogP contribution is -2.47. The van der Waals surface area contributed by atoms with Crippen LogP contribution in [0.4, 0.5) is 10.1 Å². The molecule has 0 saturated heterocycles. The van der Waals surface area contributed by atoms with Crippen LogP contribution in [0.25, 0.3) is 0 Å². The summed E-state index contributed by atoms with van der Waals surface area (Å²) in [7, 11) is 1.57. The Morgan fingerprint density at radius 3 is 2.68 bits per heavy atom. The van der Waals surface area contributed by atoms with E-state index in [-0.39, 0.29) is 11.6 Å². The zero-order valence-electron chi connectivity index (χ0n) is 11.8. The number of benzene rings is 1. The molecule has 2 N–H and O–H groups in total. The molecule has 0 spiro atoms. The van der Waals surface area contributed by atoms with Crippen molar-refractivity contribution in [3.63, 3.8) is 0 Å². The molecule has 4 nitrogen and oxygen atoms in total. The van der Waals surface area contributed by atoms with Gasteiger partial charge < -0.3 is 15.4 Å². The van der Waals surface area contributed by atoms with Crippen LogP contribution in [0.15, 0.2) is 18.2 Å². The predicted molar refractivity (Wildman–Crippen MR) is 74.0 cm³/mol. The first-order chi connectivity index (χ1) is 8.91. The Bertz CT molecular complexity index is 447. The normalized spacial score (nSPS) is 11.2. The Balaban J connectivity index is 2.96. The number of hydrogen-bond acceptors (Lipinski definition) is 3. The molecule has 19 heavy (non-hydrogen) atoms. The van der Waals surface area contributed by atoms with Crippen molar-refractivity contribution >= 4 is 11.6 Å². The van der Waals surface area contributed by atoms with Crippen LogP contribution >= 0.6 is 0 Å². The molecule has 5 heteroatoms. The second-order valence-corrected chi connectivity index (χ2v) is 4.96. The van der Waals surface area contributed by atoms with E-state index in [1.54, 1.807) is 13.2 Å². The second kappa shape index (κ2) is 6.52. The molecule has 0 aliphatic carbocycles. The van der Waals surface area contributed by atoms with E-state index in [2.05, 4.69) is 10.6 Å². The van der Waals surface area contributed by atoms with Crippen molar-refractivity contribution in [1.82, 2.24) is 5.32 Å². The Hall–Kier alpha value is -1.62. The summed E-state index contributed by atoms with van der Waals surface area (Å²) in [5.74, 6) is -0.753. The van der Waals surface area contributed by atoms with Gasteiger partial charge in [0.2, 0.25) is 0 Å². The monoisotopic (exact) mass is 268 g/mol. The van der Waals surface area contributed by atoms with Crippen LogP contribution in [0.2, 0.25) is 0 Å². The van der Waals surface area contributed by atoms with Gasteiger partial charge in [0.1, 0.15) is 5.82 Å². The highest BCUT2D eigenvalue weighted by Crippen LogP contribution is 2.20. The smallest absolute Gasteiger partial charge is 0.253 e. The maximum absolute atomic E-state index is 13.7. The summed E-state index contributed by atoms with van der Waals surface area (Å²) >= 11 is 0. The highest BCUT2D eigenvalue weighted by Gasteiger charge is 2.23. The molecule has 1 aromatic carbocycles. The molecule has 0 aliphatic heterocycles. The van der Waals surface area contributed by atoms with E-state index in [1.165, 1.54) is 12.1 Å². The SMILES string of the molecule is CCNc1c(F)cccc1C(=O)NC(C)(C)COC. The summed E-state index contributed by atoms with van der Waals surface area (Å²) < 4.78 is 18.8. The summed E-state index contributed by atoms with van der Waals surface area (Å²) in [5.41, 5.74) is 0.0171. The highest BCUT2D eigenvalue weighted by atomic mass is 19.1. The number of carbonyl (C=O) groups is 1. The van der Waals surface area contributed by atoms with Gasteiger partial charge in [-0.15, -0.1) is 0 Å². The Labute approximate surface area is 113 Å². The number of rotatable bonds is 6. The van der Waals surface area contributed by atoms with Crippen molar-refractivity contribution in [3.05, 3.63) is 29.6 Å². The van der Waals surface area contributed by atoms with Crippen molar-refractivity contribution in [2.45, 2.75) is 26.3 Å². The third kappa shape index (κ3) is 4.21. The van der Waals surface area contributed by atoms with Gasteiger partial charge in [-0.05, 0) is 32.9 Å². The first-order valence-electron chi connectivity index (χ1n) is 6.25. The van der Waals surface area contributed by atoms with Crippen molar-refractivity contribution in [3.8, 4) is 0 Å². The minimum Gasteiger partial charge on any atom is -0.382 e. The number of methoxy groups -OCH3 is 1. The molecule has 1 aromatic rings. The summed E-state index contributed by atoms with van der Waals surface area (Å²) in [4.78, 5) is 12.2. The van der Waals surface area contributed by atoms with Gasteiger partial charge in [-0.25, -0.2) is 4.39 Å². The molecule has 0 radical (unpaired) electrons. The molecule has 0 heterocycles. The zero-order chi connectivity index (χ0) is 14.5. The van der Waals surface area contributed by atoms with Gasteiger partial charge in [0.05, 0.1) is 23.4 Å². The van der Waals surface area contributed by atoms with Crippen LogP contribution in [-0.2, 0) is 4.74 Å². The van der Waals surface area contributed by atoms with E-state index >= 15 is 0 Å². The molecule has 0 unspecified atom stereocenters. The van der Waals surface area contributed by atoms with Crippen molar-refractivity contribution in [2.75, 3.05) is 25.6 Å². The lowest BCUT2D eigenvalue weighted by molar-refractivity contribution is 0.0820. The Morgan fingerprint density at radius 1 is 1.42 bits per heavy atom. The zero-order valence-corrected chi connectivity index (χ0v) is 11.8. The van der Waals surface area contributed by atoms with E-state index in [0.717, 1.165) is 0 Å². The van der Waals surface area contributed by atoms with Gasteiger partial charge in [0.15, 0.2) is 0 Å². The minimum atomic E-state index is -0.512. The van der Waals surface area contributed by atoms with Gasteiger partial charge in [0, 0.05) is 13.7 Å². The first-order valence-corrected chi connectivity index (χ1v) is 6.25. The fourth-order valence-electron chi connectivity index (χ4n) is 1.84. The maximum atomic E-state index is 13.7. The molecule has 1 rings (SSSR count). The average Bonchev–Trinajstić information content (AvgIpc) is 2.31. The lowest BCUT2D eigenvalue weighted by Gasteiger charge is -2.26. The molecular weight excluding hydrogens is 247 g/mol. The molecule has 0 aliphatic rings. The number of para-hydroxylation sites is 1. The molecule has 0 fully saturated rings. The van der Waals surface area contributed by atoms with Gasteiger partial charge in [-0.3, -0.25) is 4.79 Å². The van der Waals surface area contributed by atoms with Gasteiger partial charge in [-0.1, -0.05) is 6.07 Å². The number of ether oxygens (including phenoxy) is 1. The number of amides is 1. The molecule has 0 atom stereocenters. The molecule has 0 bridgehead atoms. The first kappa shape index (κ1) is 15.4. The van der Waals surface area contributed by atoms with Gasteiger partial charge in [0.25, 0.3) is 5.91 Å². The average molecular weight is 268 g/mol. The number of carbonyl (C=O) groups excluding carboxylic acids is 1. The second-order valence-electron chi connectivity index (χ2n) is 4.96. The molecule has 1 amide bonds. The number of hydrogen-bond donors (Lipinski definition) is 2. The molecular formula is C14H21FN2O2. The fraction of sp³-hybridized carbons (Fsp3) is 0.500. The van der Waals surface area contributed by atoms with Crippen LogP contribution in [0, 0.1) is 5.82 Å². The number of nitrogens with one attached hydrogen (secondary N) is 2. The third-order valence-corrected chi connectivity index (χ3v) is 2.57. The topological polar surface area (TPSA) is 50.4 Å². The van der Waals surface area contributed by atoms with E-state index < -0.39 is 11.4 Å². The van der Waals surface area contributed by atoms with Gasteiger partial charge in [-0.2, -0.15) is 0 Å². The van der Waals surface area contributed by atoms with Crippen LogP contribution < -0.4 is 10.6 Å². The van der Waals surface area contributed by atoms with Crippen molar-refractivity contribution < 1.29 is 13.9 Å². The fourth-order valence-corrected chi connectivity index (χ4v) is 1.84. The standard InChI is InChI=1S/C14H21FN2O2/c1-5-16-12-10(7-6-8-11(12)15)13(18)17-14(2,3)9-19-4/h6-8,16H,5,9H2,1-4H3,(H,17,18). The van der Waals surface area contributed by atoms with Gasteiger partial charge >= 0.3 is 0 Å². The van der Waals surface area contributed by atoms with E-state index in [4.69, 9.17) is 4.74 Å². The van der Waals surface area contributed by atoms with Crippen LogP contribution in [0.5, 0.6) is 0 Å². The van der Waals surface area contributed by atoms with Crippen molar-refractivity contribution in [1.29, 1.82) is 0 Å². The molecule has 0 saturated carbocycles. The molecule has 0 aromatic heterocycles. The van der Waals surface area contributed by atoms with Crippen LogP contribution in [0.3, 0.4) is 0 Å². The third-order valence-electron chi connectivity index (χ3n) is 2.57. The van der Waals surface area contributed by atoms with Crippen molar-refractivity contribution in [2.24, 2.45) is 0 Å². The summed E-state index contributed by atoms with van der Waals surface area (Å²) in [6.45, 7) is 6.47. The number of anilines is 1. The van der Waals surface area contributed by atoms with Crippen LogP contribution in [0.1, 0.15) is 31.1 Å². The Kier molecular flexibility index (Phi) is 5.30. The maximum Gasteiger partial charge on any atom is 0.253 e. The lowest BCUT2D eigenvalue weighted by atomic mass is 10.1. The molecule has 106 valence electrons. The summed E-state index contributed by atoms with van der Waals surface area (Å²) in [5, 5.41) is 5.70. The van der Waals surface area contributed by atoms with E-state index in [0.29, 0.717) is 18.7 Å². The van der Waals surface area contributed by atoms with E-state index in [9.17, 15) is 9.18 Å². The van der Waals surface area contributed by atoms with E-state index in [1.807, 2.05) is 20.8 Å². The largest absolute Gasteiger partial charge is 0.382 e. The van der Waals surface area contributed by atoms with Crippen LogP contribution in [-0.4, -0.2) is 31.7 Å². The summed E-state index contributed by atoms with van der Waals surface area (Å²) in [6.07, 6.45) is 0. The highest BCUT2D eigenvalue weighted by molar-refractivity contribution is 6.00. The minimum absolute atomic E-state index is 0.232. The predicted octanol–water partition coefficient (Wildman–Crippen LogP) is 2.41. The Morgan fingerprint density at radius 2 is 2.11 bits per heavy atom.